The number of guanidine groups is 1. The quantitative estimate of drug-likeness (QED) is 0.424. The lowest BCUT2D eigenvalue weighted by atomic mass is 10.1. The normalized spacial score (nSPS) is 19.8. The number of fused-ring (bicyclic) bond motifs is 1. The standard InChI is InChI=1S/C26H28BrN7O3S/c1-17-14-28-24-23(17)25(30-16-29-24)33-11-12-34(18(2)15-33)26(31-20-6-4-5-19(27)13-20)32-38(35,36)22-9-7-21(37-3)8-10-22/h4-10,13-14,18H,11-12,15-16H2,1-3H3,(H,31,32)/t18-/m0/s1. The Morgan fingerprint density at radius 2 is 1.95 bits per heavy atom. The SMILES string of the molecule is COc1ccc(S(=O)(=O)N=C(Nc2cccc(Br)c2)N2CCN(C3=NCN=C4N=CC(C)=C43)C[C@@H]2C)cc1. The molecule has 38 heavy (non-hydrogen) atoms. The van der Waals surface area contributed by atoms with E-state index in [1.165, 1.54) is 19.2 Å². The number of nitrogens with one attached hydrogen (secondary N) is 1. The largest absolute Gasteiger partial charge is 0.497 e. The summed E-state index contributed by atoms with van der Waals surface area (Å²) in [7, 11) is -2.47. The molecule has 0 aliphatic carbocycles. The molecule has 3 aliphatic rings. The topological polar surface area (TPSA) is 111 Å². The number of amidine groups is 2. The zero-order valence-corrected chi connectivity index (χ0v) is 23.7. The van der Waals surface area contributed by atoms with Gasteiger partial charge in [0.15, 0.2) is 5.84 Å². The number of benzene rings is 2. The highest BCUT2D eigenvalue weighted by atomic mass is 79.9. The van der Waals surface area contributed by atoms with Crippen molar-refractivity contribution < 1.29 is 13.2 Å². The molecule has 1 saturated heterocycles. The molecule has 0 unspecified atom stereocenters. The first-order chi connectivity index (χ1) is 18.2. The fourth-order valence-corrected chi connectivity index (χ4v) is 5.95. The highest BCUT2D eigenvalue weighted by molar-refractivity contribution is 9.10. The van der Waals surface area contributed by atoms with Crippen molar-refractivity contribution in [3.05, 3.63) is 64.1 Å². The van der Waals surface area contributed by atoms with Crippen LogP contribution in [0.1, 0.15) is 13.8 Å². The second-order valence-corrected chi connectivity index (χ2v) is 11.6. The Hall–Kier alpha value is -3.51. The number of ether oxygens (including phenoxy) is 1. The third-order valence-electron chi connectivity index (χ3n) is 6.51. The van der Waals surface area contributed by atoms with Crippen molar-refractivity contribution in [3.63, 3.8) is 0 Å². The van der Waals surface area contributed by atoms with E-state index in [4.69, 9.17) is 4.74 Å². The zero-order valence-electron chi connectivity index (χ0n) is 21.3. The molecule has 0 amide bonds. The number of nitrogens with zero attached hydrogens (tertiary/aromatic N) is 6. The maximum absolute atomic E-state index is 13.4. The Bertz CT molecular complexity index is 1500. The molecule has 0 saturated carbocycles. The summed E-state index contributed by atoms with van der Waals surface area (Å²) in [6, 6.07) is 13.7. The summed E-state index contributed by atoms with van der Waals surface area (Å²) in [6.45, 7) is 6.22. The zero-order chi connectivity index (χ0) is 26.9. The van der Waals surface area contributed by atoms with Crippen LogP contribution >= 0.6 is 15.9 Å². The maximum Gasteiger partial charge on any atom is 0.285 e. The van der Waals surface area contributed by atoms with Crippen molar-refractivity contribution in [2.75, 3.05) is 38.7 Å². The lowest BCUT2D eigenvalue weighted by molar-refractivity contribution is 0.195. The number of hydrogen-bond donors (Lipinski definition) is 1. The fraction of sp³-hybridized carbons (Fsp3) is 0.308. The van der Waals surface area contributed by atoms with Crippen molar-refractivity contribution in [1.82, 2.24) is 9.80 Å². The summed E-state index contributed by atoms with van der Waals surface area (Å²) in [5.41, 5.74) is 2.74. The number of aliphatic imine (C=N–C) groups is 3. The van der Waals surface area contributed by atoms with Gasteiger partial charge >= 0.3 is 0 Å². The lowest BCUT2D eigenvalue weighted by Gasteiger charge is -2.43. The van der Waals surface area contributed by atoms with Crippen LogP contribution in [-0.2, 0) is 10.0 Å². The monoisotopic (exact) mass is 597 g/mol. The first-order valence-corrected chi connectivity index (χ1v) is 14.4. The van der Waals surface area contributed by atoms with E-state index in [1.54, 1.807) is 12.1 Å². The fourth-order valence-electron chi connectivity index (χ4n) is 4.59. The van der Waals surface area contributed by atoms with E-state index in [9.17, 15) is 8.42 Å². The van der Waals surface area contributed by atoms with Gasteiger partial charge in [-0.2, -0.15) is 8.42 Å². The van der Waals surface area contributed by atoms with Crippen molar-refractivity contribution in [1.29, 1.82) is 0 Å². The van der Waals surface area contributed by atoms with E-state index >= 15 is 0 Å². The predicted octanol–water partition coefficient (Wildman–Crippen LogP) is 3.79. The Morgan fingerprint density at radius 1 is 1.16 bits per heavy atom. The molecule has 3 heterocycles. The van der Waals surface area contributed by atoms with Gasteiger partial charge in [0.2, 0.25) is 5.96 Å². The van der Waals surface area contributed by atoms with E-state index in [1.807, 2.05) is 42.3 Å². The summed E-state index contributed by atoms with van der Waals surface area (Å²) in [5.74, 6) is 2.45. The summed E-state index contributed by atoms with van der Waals surface area (Å²) in [4.78, 5) is 17.8. The maximum atomic E-state index is 13.4. The van der Waals surface area contributed by atoms with Crippen LogP contribution in [0.4, 0.5) is 5.69 Å². The van der Waals surface area contributed by atoms with E-state index in [2.05, 4.69) is 52.4 Å². The minimum Gasteiger partial charge on any atom is -0.497 e. The lowest BCUT2D eigenvalue weighted by Crippen LogP contribution is -2.57. The van der Waals surface area contributed by atoms with E-state index in [0.29, 0.717) is 32.1 Å². The number of hydrogen-bond acceptors (Lipinski definition) is 7. The van der Waals surface area contributed by atoms with Crippen LogP contribution in [0, 0.1) is 0 Å². The molecule has 2 aromatic carbocycles. The van der Waals surface area contributed by atoms with Crippen LogP contribution in [-0.4, -0.2) is 81.5 Å². The predicted molar refractivity (Wildman–Crippen MR) is 154 cm³/mol. The minimum atomic E-state index is -4.00. The van der Waals surface area contributed by atoms with Gasteiger partial charge in [-0.15, -0.1) is 4.40 Å². The summed E-state index contributed by atoms with van der Waals surface area (Å²) in [6.07, 6.45) is 1.82. The second kappa shape index (κ2) is 10.7. The van der Waals surface area contributed by atoms with Crippen LogP contribution in [0.25, 0.3) is 0 Å². The van der Waals surface area contributed by atoms with Crippen molar-refractivity contribution >= 4 is 55.5 Å². The van der Waals surface area contributed by atoms with Gasteiger partial charge < -0.3 is 19.9 Å². The Kier molecular flexibility index (Phi) is 7.35. The smallest absolute Gasteiger partial charge is 0.285 e. The molecular formula is C26H28BrN7O3S. The molecule has 3 aliphatic heterocycles. The van der Waals surface area contributed by atoms with Crippen molar-refractivity contribution in [2.24, 2.45) is 19.4 Å². The van der Waals surface area contributed by atoms with E-state index in [0.717, 1.165) is 33.0 Å². The number of rotatable bonds is 4. The van der Waals surface area contributed by atoms with Gasteiger partial charge in [-0.05, 0) is 61.9 Å². The second-order valence-electron chi connectivity index (χ2n) is 9.11. The van der Waals surface area contributed by atoms with Crippen LogP contribution in [0.3, 0.4) is 0 Å². The van der Waals surface area contributed by atoms with Gasteiger partial charge in [0.25, 0.3) is 10.0 Å². The Balaban J connectivity index is 1.43. The van der Waals surface area contributed by atoms with Gasteiger partial charge in [-0.3, -0.25) is 0 Å². The number of sulfonamides is 1. The Labute approximate surface area is 230 Å². The molecule has 198 valence electrons. The van der Waals surface area contributed by atoms with E-state index < -0.39 is 10.0 Å². The molecule has 0 spiro atoms. The molecule has 5 rings (SSSR count). The third-order valence-corrected chi connectivity index (χ3v) is 8.28. The molecule has 0 bridgehead atoms. The minimum absolute atomic E-state index is 0.0681. The summed E-state index contributed by atoms with van der Waals surface area (Å²) in [5, 5.41) is 3.25. The molecule has 0 aromatic heterocycles. The number of anilines is 1. The number of allylic oxidation sites excluding steroid dienone is 1. The number of piperazine rings is 1. The highest BCUT2D eigenvalue weighted by Crippen LogP contribution is 2.25. The van der Waals surface area contributed by atoms with Crippen LogP contribution < -0.4 is 10.1 Å². The van der Waals surface area contributed by atoms with Crippen molar-refractivity contribution in [3.8, 4) is 5.75 Å². The molecule has 2 aromatic rings. The summed E-state index contributed by atoms with van der Waals surface area (Å²) < 4.78 is 37.0. The Morgan fingerprint density at radius 3 is 2.66 bits per heavy atom. The molecule has 12 heteroatoms. The molecule has 1 fully saturated rings. The summed E-state index contributed by atoms with van der Waals surface area (Å²) >= 11 is 3.48. The van der Waals surface area contributed by atoms with Gasteiger partial charge in [-0.25, -0.2) is 15.0 Å². The highest BCUT2D eigenvalue weighted by Gasteiger charge is 2.33. The van der Waals surface area contributed by atoms with Gasteiger partial charge in [-0.1, -0.05) is 22.0 Å². The number of halogens is 1. The molecule has 1 N–H and O–H groups in total. The molecule has 0 radical (unpaired) electrons. The first-order valence-electron chi connectivity index (χ1n) is 12.1. The van der Waals surface area contributed by atoms with Crippen LogP contribution in [0.15, 0.2) is 88.4 Å². The van der Waals surface area contributed by atoms with Gasteiger partial charge in [0.05, 0.1) is 17.6 Å². The van der Waals surface area contributed by atoms with Crippen molar-refractivity contribution in [2.45, 2.75) is 24.8 Å². The van der Waals surface area contributed by atoms with Crippen LogP contribution in [0.5, 0.6) is 5.75 Å². The molecule has 10 nitrogen and oxygen atoms in total. The molecule has 1 atom stereocenters. The van der Waals surface area contributed by atoms with Crippen LogP contribution in [0.2, 0.25) is 0 Å². The first kappa shape index (κ1) is 26.1. The van der Waals surface area contributed by atoms with Gasteiger partial charge in [0, 0.05) is 42.1 Å². The third kappa shape index (κ3) is 5.37. The van der Waals surface area contributed by atoms with Gasteiger partial charge in [0.1, 0.15) is 18.3 Å². The average molecular weight is 599 g/mol. The molecular weight excluding hydrogens is 570 g/mol. The number of methoxy groups -OCH3 is 1. The average Bonchev–Trinajstić information content (AvgIpc) is 3.29. The van der Waals surface area contributed by atoms with E-state index in [-0.39, 0.29) is 16.9 Å².